The number of nitrogens with one attached hydrogen (secondary N) is 2. The third-order valence-corrected chi connectivity index (χ3v) is 5.80. The molecule has 1 aromatic carbocycles. The summed E-state index contributed by atoms with van der Waals surface area (Å²) in [6.07, 6.45) is 1.24. The number of aliphatic imine (C=N–C) groups is 1. The number of likely N-dealkylation sites (tertiary alicyclic amines) is 1. The molecule has 3 rings (SSSR count). The third-order valence-electron chi connectivity index (χ3n) is 5.80. The molecule has 29 heavy (non-hydrogen) atoms. The van der Waals surface area contributed by atoms with Gasteiger partial charge >= 0.3 is 0 Å². The van der Waals surface area contributed by atoms with Crippen molar-refractivity contribution in [1.29, 1.82) is 0 Å². The molecule has 2 heterocycles. The van der Waals surface area contributed by atoms with Crippen LogP contribution in [0.2, 0.25) is 0 Å². The fourth-order valence-electron chi connectivity index (χ4n) is 4.05. The fraction of sp³-hybridized carbons (Fsp3) is 0.667. The van der Waals surface area contributed by atoms with Crippen molar-refractivity contribution in [2.24, 2.45) is 10.9 Å². The highest BCUT2D eigenvalue weighted by Crippen LogP contribution is 2.21. The van der Waals surface area contributed by atoms with Crippen molar-refractivity contribution in [2.75, 3.05) is 66.1 Å². The summed E-state index contributed by atoms with van der Waals surface area (Å²) in [5, 5.41) is 6.96. The largest absolute Gasteiger partial charge is 0.379 e. The van der Waals surface area contributed by atoms with Gasteiger partial charge in [0.2, 0.25) is 0 Å². The van der Waals surface area contributed by atoms with Crippen molar-refractivity contribution in [1.82, 2.24) is 20.4 Å². The average molecular weight is 519 g/mol. The van der Waals surface area contributed by atoms with Crippen LogP contribution in [0.25, 0.3) is 0 Å². The summed E-state index contributed by atoms with van der Waals surface area (Å²) in [4.78, 5) is 9.28. The van der Waals surface area contributed by atoms with E-state index in [-0.39, 0.29) is 35.8 Å². The minimum Gasteiger partial charge on any atom is -0.379 e. The van der Waals surface area contributed by atoms with Gasteiger partial charge in [-0.25, -0.2) is 4.39 Å². The smallest absolute Gasteiger partial charge is 0.191 e. The van der Waals surface area contributed by atoms with Gasteiger partial charge in [0.25, 0.3) is 0 Å². The highest BCUT2D eigenvalue weighted by molar-refractivity contribution is 14.0. The summed E-state index contributed by atoms with van der Waals surface area (Å²) in [6.45, 7) is 10.6. The maximum atomic E-state index is 13.4. The number of benzene rings is 1. The molecule has 2 saturated heterocycles. The summed E-state index contributed by atoms with van der Waals surface area (Å²) < 4.78 is 18.9. The Bertz CT molecular complexity index is 624. The average Bonchev–Trinajstić information content (AvgIpc) is 3.20. The van der Waals surface area contributed by atoms with Crippen LogP contribution in [0.15, 0.2) is 29.3 Å². The molecule has 2 atom stereocenters. The molecule has 0 bridgehead atoms. The summed E-state index contributed by atoms with van der Waals surface area (Å²) in [5.74, 6) is 1.30. The normalized spacial score (nSPS) is 22.2. The molecule has 164 valence electrons. The lowest BCUT2D eigenvalue weighted by Crippen LogP contribution is -2.47. The van der Waals surface area contributed by atoms with E-state index in [2.05, 4.69) is 32.3 Å². The lowest BCUT2D eigenvalue weighted by molar-refractivity contribution is 0.0170. The van der Waals surface area contributed by atoms with Gasteiger partial charge in [-0.2, -0.15) is 0 Å². The van der Waals surface area contributed by atoms with Crippen LogP contribution < -0.4 is 10.6 Å². The molecule has 0 aromatic heterocycles. The molecular formula is C21H35FIN5O. The van der Waals surface area contributed by atoms with Gasteiger partial charge in [-0.3, -0.25) is 9.89 Å². The summed E-state index contributed by atoms with van der Waals surface area (Å²) >= 11 is 0. The number of guanidine groups is 1. The van der Waals surface area contributed by atoms with Crippen LogP contribution >= 0.6 is 24.0 Å². The third kappa shape index (κ3) is 7.34. The number of hydrogen-bond acceptors (Lipinski definition) is 4. The summed E-state index contributed by atoms with van der Waals surface area (Å²) in [6, 6.07) is 6.99. The van der Waals surface area contributed by atoms with Crippen molar-refractivity contribution < 1.29 is 9.13 Å². The molecular weight excluding hydrogens is 484 g/mol. The number of morpholine rings is 1. The quantitative estimate of drug-likeness (QED) is 0.329. The van der Waals surface area contributed by atoms with Gasteiger partial charge in [-0.15, -0.1) is 24.0 Å². The van der Waals surface area contributed by atoms with Crippen molar-refractivity contribution in [3.05, 3.63) is 35.6 Å². The van der Waals surface area contributed by atoms with Crippen LogP contribution in [0, 0.1) is 11.7 Å². The number of rotatable bonds is 7. The Morgan fingerprint density at radius 2 is 1.93 bits per heavy atom. The molecule has 2 fully saturated rings. The van der Waals surface area contributed by atoms with Crippen molar-refractivity contribution in [3.63, 3.8) is 0 Å². The maximum absolute atomic E-state index is 13.4. The number of ether oxygens (including phenoxy) is 1. The van der Waals surface area contributed by atoms with E-state index in [0.717, 1.165) is 64.0 Å². The summed E-state index contributed by atoms with van der Waals surface area (Å²) in [7, 11) is 1.81. The highest BCUT2D eigenvalue weighted by atomic mass is 127. The zero-order valence-corrected chi connectivity index (χ0v) is 19.9. The lowest BCUT2D eigenvalue weighted by Gasteiger charge is -2.35. The Balaban J connectivity index is 0.00000300. The molecule has 6 nitrogen and oxygen atoms in total. The molecule has 2 unspecified atom stereocenters. The first kappa shape index (κ1) is 24.3. The molecule has 0 radical (unpaired) electrons. The maximum Gasteiger partial charge on any atom is 0.191 e. The lowest BCUT2D eigenvalue weighted by atomic mass is 10.0. The predicted octanol–water partition coefficient (Wildman–Crippen LogP) is 2.32. The van der Waals surface area contributed by atoms with Crippen LogP contribution in [0.3, 0.4) is 0 Å². The monoisotopic (exact) mass is 519 g/mol. The molecule has 0 spiro atoms. The number of halogens is 2. The molecule has 2 N–H and O–H groups in total. The van der Waals surface area contributed by atoms with E-state index >= 15 is 0 Å². The zero-order valence-electron chi connectivity index (χ0n) is 17.6. The van der Waals surface area contributed by atoms with Crippen LogP contribution in [0.1, 0.15) is 24.9 Å². The van der Waals surface area contributed by atoms with Gasteiger partial charge in [0.15, 0.2) is 5.96 Å². The fourth-order valence-corrected chi connectivity index (χ4v) is 4.05. The van der Waals surface area contributed by atoms with Gasteiger partial charge in [0.1, 0.15) is 5.82 Å². The van der Waals surface area contributed by atoms with E-state index in [9.17, 15) is 4.39 Å². The first-order chi connectivity index (χ1) is 13.7. The van der Waals surface area contributed by atoms with Crippen molar-refractivity contribution >= 4 is 29.9 Å². The van der Waals surface area contributed by atoms with E-state index in [0.29, 0.717) is 5.92 Å². The minimum absolute atomic E-state index is 0. The van der Waals surface area contributed by atoms with Gasteiger partial charge in [0, 0.05) is 39.8 Å². The Morgan fingerprint density at radius 1 is 1.21 bits per heavy atom. The Morgan fingerprint density at radius 3 is 2.55 bits per heavy atom. The van der Waals surface area contributed by atoms with E-state index < -0.39 is 0 Å². The molecule has 2 aliphatic heterocycles. The van der Waals surface area contributed by atoms with Crippen molar-refractivity contribution in [2.45, 2.75) is 19.4 Å². The Hall–Kier alpha value is -0.970. The van der Waals surface area contributed by atoms with Gasteiger partial charge in [-0.05, 0) is 43.1 Å². The molecule has 0 saturated carbocycles. The van der Waals surface area contributed by atoms with Crippen LogP contribution in [0.4, 0.5) is 4.39 Å². The van der Waals surface area contributed by atoms with Gasteiger partial charge in [-0.1, -0.05) is 19.1 Å². The molecule has 8 heteroatoms. The van der Waals surface area contributed by atoms with E-state index in [1.54, 1.807) is 0 Å². The molecule has 0 amide bonds. The number of nitrogens with zero attached hydrogens (tertiary/aromatic N) is 3. The van der Waals surface area contributed by atoms with Crippen molar-refractivity contribution in [3.8, 4) is 0 Å². The Labute approximate surface area is 191 Å². The van der Waals surface area contributed by atoms with Gasteiger partial charge in [0.05, 0.1) is 19.3 Å². The molecule has 0 aliphatic carbocycles. The highest BCUT2D eigenvalue weighted by Gasteiger charge is 2.24. The predicted molar refractivity (Wildman–Crippen MR) is 127 cm³/mol. The standard InChI is InChI=1S/C21H34FN5O.HI/c1-3-26-9-8-17(16-26)14-24-21(23-2)25-15-20(27-10-12-28-13-11-27)18-4-6-19(22)7-5-18;/h4-7,17,20H,3,8-16H2,1-2H3,(H2,23,24,25);1H. The van der Waals surface area contributed by atoms with E-state index in [1.165, 1.54) is 25.1 Å². The number of hydrogen-bond donors (Lipinski definition) is 2. The second-order valence-electron chi connectivity index (χ2n) is 7.60. The van der Waals surface area contributed by atoms with E-state index in [4.69, 9.17) is 4.74 Å². The second kappa shape index (κ2) is 12.7. The van der Waals surface area contributed by atoms with E-state index in [1.807, 2.05) is 19.2 Å². The zero-order chi connectivity index (χ0) is 19.8. The first-order valence-electron chi connectivity index (χ1n) is 10.4. The topological polar surface area (TPSA) is 52.1 Å². The van der Waals surface area contributed by atoms with Crippen LogP contribution in [0.5, 0.6) is 0 Å². The van der Waals surface area contributed by atoms with Gasteiger partial charge < -0.3 is 20.3 Å². The molecule has 2 aliphatic rings. The first-order valence-corrected chi connectivity index (χ1v) is 10.4. The second-order valence-corrected chi connectivity index (χ2v) is 7.60. The minimum atomic E-state index is -0.201. The van der Waals surface area contributed by atoms with Crippen LogP contribution in [-0.2, 0) is 4.74 Å². The molecule has 1 aromatic rings. The Kier molecular flexibility index (Phi) is 10.6. The summed E-state index contributed by atoms with van der Waals surface area (Å²) in [5.41, 5.74) is 1.11. The van der Waals surface area contributed by atoms with Crippen LogP contribution in [-0.4, -0.2) is 81.8 Å². The SMILES string of the molecule is CCN1CCC(CNC(=NC)NCC(c2ccc(F)cc2)N2CCOCC2)C1.I.